The standard InChI is InChI=1S/C17H26F2N2O/c1-13(2)10-21-8-7-20(12-15(21)6-9-22)11-14-4-3-5-16(18)17(14)19/h3-5,13,15,22H,6-12H2,1-2H3/t15-/m0/s1. The average Bonchev–Trinajstić information content (AvgIpc) is 2.46. The first-order valence-electron chi connectivity index (χ1n) is 8.01. The van der Waals surface area contributed by atoms with Crippen LogP contribution in [0.25, 0.3) is 0 Å². The lowest BCUT2D eigenvalue weighted by molar-refractivity contribution is 0.0471. The molecule has 22 heavy (non-hydrogen) atoms. The molecule has 0 amide bonds. The van der Waals surface area contributed by atoms with Crippen LogP contribution in [0.1, 0.15) is 25.8 Å². The second-order valence-corrected chi connectivity index (χ2v) is 6.50. The third-order valence-electron chi connectivity index (χ3n) is 4.18. The van der Waals surface area contributed by atoms with Crippen molar-refractivity contribution in [1.82, 2.24) is 9.80 Å². The van der Waals surface area contributed by atoms with Gasteiger partial charge in [0.2, 0.25) is 0 Å². The van der Waals surface area contributed by atoms with Crippen LogP contribution in [-0.4, -0.2) is 53.7 Å². The summed E-state index contributed by atoms with van der Waals surface area (Å²) >= 11 is 0. The van der Waals surface area contributed by atoms with E-state index >= 15 is 0 Å². The minimum Gasteiger partial charge on any atom is -0.396 e. The molecule has 0 aliphatic carbocycles. The van der Waals surface area contributed by atoms with Crippen molar-refractivity contribution < 1.29 is 13.9 Å². The Morgan fingerprint density at radius 1 is 1.27 bits per heavy atom. The van der Waals surface area contributed by atoms with E-state index in [1.165, 1.54) is 0 Å². The van der Waals surface area contributed by atoms with Crippen LogP contribution in [0.2, 0.25) is 0 Å². The van der Waals surface area contributed by atoms with E-state index in [0.29, 0.717) is 18.0 Å². The summed E-state index contributed by atoms with van der Waals surface area (Å²) in [6.45, 7) is 8.47. The predicted octanol–water partition coefficient (Wildman–Crippen LogP) is 2.49. The van der Waals surface area contributed by atoms with Gasteiger partial charge in [0.15, 0.2) is 11.6 Å². The molecule has 0 unspecified atom stereocenters. The van der Waals surface area contributed by atoms with Crippen molar-refractivity contribution in [2.75, 3.05) is 32.8 Å². The van der Waals surface area contributed by atoms with E-state index in [1.807, 2.05) is 0 Å². The summed E-state index contributed by atoms with van der Waals surface area (Å²) in [7, 11) is 0. The topological polar surface area (TPSA) is 26.7 Å². The van der Waals surface area contributed by atoms with Crippen LogP contribution in [0.15, 0.2) is 18.2 Å². The number of piperazine rings is 1. The molecule has 0 radical (unpaired) electrons. The number of halogens is 2. The van der Waals surface area contributed by atoms with Crippen molar-refractivity contribution in [3.63, 3.8) is 0 Å². The van der Waals surface area contributed by atoms with E-state index in [-0.39, 0.29) is 12.6 Å². The summed E-state index contributed by atoms with van der Waals surface area (Å²) in [5, 5.41) is 9.27. The molecule has 0 bridgehead atoms. The molecule has 1 aromatic carbocycles. The van der Waals surface area contributed by atoms with Gasteiger partial charge in [-0.1, -0.05) is 26.0 Å². The number of benzene rings is 1. The van der Waals surface area contributed by atoms with Crippen molar-refractivity contribution in [2.45, 2.75) is 32.9 Å². The van der Waals surface area contributed by atoms with Crippen LogP contribution in [0, 0.1) is 17.6 Å². The SMILES string of the molecule is CC(C)CN1CCN(Cc2cccc(F)c2F)C[C@@H]1CCO. The molecular formula is C17H26F2N2O. The van der Waals surface area contributed by atoms with Gasteiger partial charge in [0, 0.05) is 50.9 Å². The maximum Gasteiger partial charge on any atom is 0.163 e. The zero-order chi connectivity index (χ0) is 16.1. The van der Waals surface area contributed by atoms with Crippen molar-refractivity contribution in [3.05, 3.63) is 35.4 Å². The van der Waals surface area contributed by atoms with Gasteiger partial charge < -0.3 is 5.11 Å². The third kappa shape index (κ3) is 4.48. The highest BCUT2D eigenvalue weighted by Crippen LogP contribution is 2.19. The van der Waals surface area contributed by atoms with E-state index in [0.717, 1.165) is 38.7 Å². The highest BCUT2D eigenvalue weighted by atomic mass is 19.2. The van der Waals surface area contributed by atoms with E-state index in [9.17, 15) is 13.9 Å². The predicted molar refractivity (Wildman–Crippen MR) is 83.5 cm³/mol. The van der Waals surface area contributed by atoms with Gasteiger partial charge in [-0.25, -0.2) is 8.78 Å². The summed E-state index contributed by atoms with van der Waals surface area (Å²) in [4.78, 5) is 4.55. The maximum atomic E-state index is 13.8. The minimum atomic E-state index is -0.789. The normalized spacial score (nSPS) is 20.7. The third-order valence-corrected chi connectivity index (χ3v) is 4.18. The smallest absolute Gasteiger partial charge is 0.163 e. The van der Waals surface area contributed by atoms with Crippen molar-refractivity contribution in [3.8, 4) is 0 Å². The Morgan fingerprint density at radius 3 is 2.73 bits per heavy atom. The minimum absolute atomic E-state index is 0.154. The Hall–Kier alpha value is -1.04. The van der Waals surface area contributed by atoms with Gasteiger partial charge in [-0.2, -0.15) is 0 Å². The van der Waals surface area contributed by atoms with Crippen LogP contribution in [0.4, 0.5) is 8.78 Å². The molecule has 124 valence electrons. The summed E-state index contributed by atoms with van der Waals surface area (Å²) in [5.41, 5.74) is 0.403. The average molecular weight is 312 g/mol. The summed E-state index contributed by atoms with van der Waals surface area (Å²) < 4.78 is 27.1. The molecule has 2 rings (SSSR count). The van der Waals surface area contributed by atoms with Gasteiger partial charge in [-0.3, -0.25) is 9.80 Å². The van der Waals surface area contributed by atoms with Gasteiger partial charge in [-0.15, -0.1) is 0 Å². The lowest BCUT2D eigenvalue weighted by Crippen LogP contribution is -2.53. The number of aliphatic hydroxyl groups excluding tert-OH is 1. The van der Waals surface area contributed by atoms with Crippen LogP contribution in [-0.2, 0) is 6.54 Å². The van der Waals surface area contributed by atoms with Gasteiger partial charge in [-0.05, 0) is 18.4 Å². The Bertz CT molecular complexity index is 482. The quantitative estimate of drug-likeness (QED) is 0.874. The first-order valence-corrected chi connectivity index (χ1v) is 8.01. The van der Waals surface area contributed by atoms with Crippen LogP contribution >= 0.6 is 0 Å². The molecule has 1 aliphatic heterocycles. The number of hydrogen-bond acceptors (Lipinski definition) is 3. The highest BCUT2D eigenvalue weighted by molar-refractivity contribution is 5.19. The van der Waals surface area contributed by atoms with E-state index in [1.54, 1.807) is 12.1 Å². The first-order chi connectivity index (χ1) is 10.5. The lowest BCUT2D eigenvalue weighted by Gasteiger charge is -2.42. The monoisotopic (exact) mass is 312 g/mol. The van der Waals surface area contributed by atoms with Crippen LogP contribution < -0.4 is 0 Å². The number of nitrogens with zero attached hydrogens (tertiary/aromatic N) is 2. The van der Waals surface area contributed by atoms with Gasteiger partial charge in [0.1, 0.15) is 0 Å². The largest absolute Gasteiger partial charge is 0.396 e. The molecule has 5 heteroatoms. The second-order valence-electron chi connectivity index (χ2n) is 6.50. The Kier molecular flexibility index (Phi) is 6.29. The molecule has 1 fully saturated rings. The van der Waals surface area contributed by atoms with Crippen LogP contribution in [0.5, 0.6) is 0 Å². The number of rotatable bonds is 6. The number of hydrogen-bond donors (Lipinski definition) is 1. The first kappa shape index (κ1) is 17.3. The molecule has 1 N–H and O–H groups in total. The molecule has 0 spiro atoms. The molecule has 0 aromatic heterocycles. The fraction of sp³-hybridized carbons (Fsp3) is 0.647. The summed E-state index contributed by atoms with van der Waals surface area (Å²) in [5.74, 6) is -0.956. The fourth-order valence-corrected chi connectivity index (χ4v) is 3.14. The molecule has 1 aliphatic rings. The molecular weight excluding hydrogens is 286 g/mol. The van der Waals surface area contributed by atoms with E-state index in [4.69, 9.17) is 0 Å². The molecule has 1 heterocycles. The van der Waals surface area contributed by atoms with E-state index in [2.05, 4.69) is 23.6 Å². The van der Waals surface area contributed by atoms with Gasteiger partial charge in [0.05, 0.1) is 0 Å². The lowest BCUT2D eigenvalue weighted by atomic mass is 10.1. The second kappa shape index (κ2) is 7.99. The van der Waals surface area contributed by atoms with Gasteiger partial charge in [0.25, 0.3) is 0 Å². The zero-order valence-corrected chi connectivity index (χ0v) is 13.4. The molecule has 1 aromatic rings. The molecule has 0 saturated carbocycles. The highest BCUT2D eigenvalue weighted by Gasteiger charge is 2.27. The molecule has 3 nitrogen and oxygen atoms in total. The van der Waals surface area contributed by atoms with E-state index < -0.39 is 11.6 Å². The fourth-order valence-electron chi connectivity index (χ4n) is 3.14. The molecule has 1 saturated heterocycles. The Morgan fingerprint density at radius 2 is 2.05 bits per heavy atom. The van der Waals surface area contributed by atoms with Gasteiger partial charge >= 0.3 is 0 Å². The molecule has 1 atom stereocenters. The van der Waals surface area contributed by atoms with Crippen molar-refractivity contribution in [2.24, 2.45) is 5.92 Å². The van der Waals surface area contributed by atoms with Crippen LogP contribution in [0.3, 0.4) is 0 Å². The maximum absolute atomic E-state index is 13.8. The summed E-state index contributed by atoms with van der Waals surface area (Å²) in [6.07, 6.45) is 0.717. The van der Waals surface area contributed by atoms with Crippen molar-refractivity contribution in [1.29, 1.82) is 0 Å². The summed E-state index contributed by atoms with van der Waals surface area (Å²) in [6, 6.07) is 4.61. The Labute approximate surface area is 131 Å². The zero-order valence-electron chi connectivity index (χ0n) is 13.4. The van der Waals surface area contributed by atoms with Crippen molar-refractivity contribution >= 4 is 0 Å². The Balaban J connectivity index is 2.00. The number of aliphatic hydroxyl groups is 1.